The molecule has 0 saturated carbocycles. The summed E-state index contributed by atoms with van der Waals surface area (Å²) in [4.78, 5) is 7.41. The van der Waals surface area contributed by atoms with Gasteiger partial charge in [-0.1, -0.05) is 60.7 Å². The third kappa shape index (κ3) is 3.71. The van der Waals surface area contributed by atoms with Crippen LogP contribution in [0.4, 0.5) is 0 Å². The highest BCUT2D eigenvalue weighted by atomic mass is 16.5. The van der Waals surface area contributed by atoms with Crippen LogP contribution in [-0.2, 0) is 17.9 Å². The molecule has 0 spiro atoms. The topological polar surface area (TPSA) is 68.4 Å². The van der Waals surface area contributed by atoms with Crippen LogP contribution in [0.5, 0.6) is 0 Å². The van der Waals surface area contributed by atoms with Crippen LogP contribution in [0.25, 0.3) is 0 Å². The molecule has 0 bridgehead atoms. The summed E-state index contributed by atoms with van der Waals surface area (Å²) < 4.78 is 7.98. The second-order valence-corrected chi connectivity index (χ2v) is 7.52. The van der Waals surface area contributed by atoms with Crippen molar-refractivity contribution in [3.8, 4) is 0 Å². The normalized spacial score (nSPS) is 22.6. The SMILES string of the molecule is c1ccc(CN=C2[C@@H](COCc3ccccc3)N3CCC[C@H]3c3nnnn32)cc1. The predicted molar refractivity (Wildman–Crippen MR) is 109 cm³/mol. The van der Waals surface area contributed by atoms with Crippen molar-refractivity contribution in [2.45, 2.75) is 38.1 Å². The first-order valence-electron chi connectivity index (χ1n) is 10.1. The highest BCUT2D eigenvalue weighted by Crippen LogP contribution is 2.36. The number of benzene rings is 2. The van der Waals surface area contributed by atoms with Gasteiger partial charge in [0.1, 0.15) is 5.84 Å². The van der Waals surface area contributed by atoms with E-state index in [1.807, 2.05) is 41.1 Å². The van der Waals surface area contributed by atoms with Crippen molar-refractivity contribution >= 4 is 5.84 Å². The molecule has 2 aliphatic rings. The number of aliphatic imine (C=N–C) groups is 1. The van der Waals surface area contributed by atoms with Crippen molar-refractivity contribution < 1.29 is 4.74 Å². The van der Waals surface area contributed by atoms with E-state index in [9.17, 15) is 0 Å². The fourth-order valence-electron chi connectivity index (χ4n) is 4.25. The Morgan fingerprint density at radius 3 is 2.55 bits per heavy atom. The zero-order chi connectivity index (χ0) is 19.5. The first-order chi connectivity index (χ1) is 14.4. The molecule has 0 N–H and O–H groups in total. The van der Waals surface area contributed by atoms with E-state index in [1.54, 1.807) is 0 Å². The van der Waals surface area contributed by atoms with Crippen molar-refractivity contribution in [1.29, 1.82) is 0 Å². The van der Waals surface area contributed by atoms with Gasteiger partial charge in [-0.3, -0.25) is 9.89 Å². The smallest absolute Gasteiger partial charge is 0.175 e. The lowest BCUT2D eigenvalue weighted by atomic mass is 10.1. The van der Waals surface area contributed by atoms with Gasteiger partial charge in [0.25, 0.3) is 0 Å². The molecular formula is C22H24N6O. The lowest BCUT2D eigenvalue weighted by Crippen LogP contribution is -2.51. The van der Waals surface area contributed by atoms with Crippen LogP contribution < -0.4 is 0 Å². The van der Waals surface area contributed by atoms with E-state index >= 15 is 0 Å². The first kappa shape index (κ1) is 18.1. The molecule has 0 radical (unpaired) electrons. The molecule has 1 aromatic heterocycles. The van der Waals surface area contributed by atoms with Crippen LogP contribution in [0.3, 0.4) is 0 Å². The zero-order valence-corrected chi connectivity index (χ0v) is 16.3. The number of ether oxygens (including phenoxy) is 1. The Hall–Kier alpha value is -2.90. The molecule has 0 amide bonds. The Labute approximate surface area is 170 Å². The number of rotatable bonds is 6. The van der Waals surface area contributed by atoms with Gasteiger partial charge in [0.2, 0.25) is 0 Å². The highest BCUT2D eigenvalue weighted by Gasteiger charge is 2.43. The Morgan fingerprint density at radius 2 is 1.76 bits per heavy atom. The minimum atomic E-state index is 0.0472. The van der Waals surface area contributed by atoms with Gasteiger partial charge in [-0.05, 0) is 40.9 Å². The lowest BCUT2D eigenvalue weighted by molar-refractivity contribution is 0.0612. The van der Waals surface area contributed by atoms with Crippen LogP contribution in [0.1, 0.15) is 35.8 Å². The predicted octanol–water partition coefficient (Wildman–Crippen LogP) is 2.86. The molecule has 2 atom stereocenters. The molecule has 7 nitrogen and oxygen atoms in total. The molecule has 1 saturated heterocycles. The number of hydrogen-bond acceptors (Lipinski definition) is 6. The number of aromatic nitrogens is 4. The van der Waals surface area contributed by atoms with Gasteiger partial charge < -0.3 is 4.74 Å². The van der Waals surface area contributed by atoms with Gasteiger partial charge >= 0.3 is 0 Å². The lowest BCUT2D eigenvalue weighted by Gasteiger charge is -2.37. The summed E-state index contributed by atoms with van der Waals surface area (Å²) in [6, 6.07) is 20.8. The molecular weight excluding hydrogens is 364 g/mol. The van der Waals surface area contributed by atoms with Crippen molar-refractivity contribution in [2.24, 2.45) is 4.99 Å². The molecule has 3 aromatic rings. The summed E-state index contributed by atoms with van der Waals surface area (Å²) in [5.41, 5.74) is 2.34. The second kappa shape index (κ2) is 8.23. The maximum absolute atomic E-state index is 6.14. The van der Waals surface area contributed by atoms with Gasteiger partial charge in [-0.15, -0.1) is 5.10 Å². The molecule has 29 heavy (non-hydrogen) atoms. The van der Waals surface area contributed by atoms with Crippen molar-refractivity contribution in [3.63, 3.8) is 0 Å². The van der Waals surface area contributed by atoms with Crippen LogP contribution in [0.15, 0.2) is 65.7 Å². The molecule has 0 aliphatic carbocycles. The van der Waals surface area contributed by atoms with E-state index in [0.29, 0.717) is 19.8 Å². The Morgan fingerprint density at radius 1 is 1.00 bits per heavy atom. The average molecular weight is 388 g/mol. The Bertz CT molecular complexity index is 971. The van der Waals surface area contributed by atoms with Crippen LogP contribution in [0.2, 0.25) is 0 Å². The quantitative estimate of drug-likeness (QED) is 0.650. The van der Waals surface area contributed by atoms with E-state index < -0.39 is 0 Å². The molecule has 148 valence electrons. The molecule has 2 aliphatic heterocycles. The Kier molecular flexibility index (Phi) is 5.15. The summed E-state index contributed by atoms with van der Waals surface area (Å²) >= 11 is 0. The average Bonchev–Trinajstić information content (AvgIpc) is 3.44. The van der Waals surface area contributed by atoms with Crippen LogP contribution in [0, 0.1) is 0 Å². The van der Waals surface area contributed by atoms with E-state index in [2.05, 4.69) is 44.7 Å². The molecule has 1 fully saturated rings. The summed E-state index contributed by atoms with van der Waals surface area (Å²) in [5.74, 6) is 1.77. The summed E-state index contributed by atoms with van der Waals surface area (Å²) in [7, 11) is 0. The first-order valence-corrected chi connectivity index (χ1v) is 10.1. The van der Waals surface area contributed by atoms with Gasteiger partial charge in [0.05, 0.1) is 31.8 Å². The van der Waals surface area contributed by atoms with Crippen molar-refractivity contribution in [3.05, 3.63) is 77.6 Å². The maximum Gasteiger partial charge on any atom is 0.175 e. The third-order valence-corrected chi connectivity index (χ3v) is 5.65. The molecule has 2 aromatic carbocycles. The fraction of sp³-hybridized carbons (Fsp3) is 0.364. The number of tetrazole rings is 1. The third-order valence-electron chi connectivity index (χ3n) is 5.65. The highest BCUT2D eigenvalue weighted by molar-refractivity contribution is 5.90. The molecule has 7 heteroatoms. The number of nitrogens with zero attached hydrogens (tertiary/aromatic N) is 6. The fourth-order valence-corrected chi connectivity index (χ4v) is 4.25. The minimum absolute atomic E-state index is 0.0472. The summed E-state index contributed by atoms with van der Waals surface area (Å²) in [5, 5.41) is 12.5. The summed E-state index contributed by atoms with van der Waals surface area (Å²) in [6.07, 6.45) is 2.21. The summed E-state index contributed by atoms with van der Waals surface area (Å²) in [6.45, 7) is 2.77. The van der Waals surface area contributed by atoms with Gasteiger partial charge in [0, 0.05) is 0 Å². The minimum Gasteiger partial charge on any atom is -0.375 e. The van der Waals surface area contributed by atoms with Crippen molar-refractivity contribution in [2.75, 3.05) is 13.2 Å². The van der Waals surface area contributed by atoms with E-state index in [4.69, 9.17) is 9.73 Å². The molecule has 3 heterocycles. The molecule has 5 rings (SSSR count). The Balaban J connectivity index is 1.41. The standard InChI is InChI=1S/C22H24N6O/c1-3-8-17(9-4-1)14-23-21-20(16-29-15-18-10-5-2-6-11-18)27-13-7-12-19(27)22-24-25-26-28(21)22/h1-6,8-11,19-20H,7,12-16H2/t19-,20+/m0/s1. The zero-order valence-electron chi connectivity index (χ0n) is 16.3. The number of fused-ring (bicyclic) bond motifs is 3. The van der Waals surface area contributed by atoms with E-state index in [1.165, 1.54) is 11.1 Å². The van der Waals surface area contributed by atoms with Gasteiger partial charge in [0.15, 0.2) is 5.82 Å². The number of hydrogen-bond donors (Lipinski definition) is 0. The van der Waals surface area contributed by atoms with Crippen LogP contribution >= 0.6 is 0 Å². The second-order valence-electron chi connectivity index (χ2n) is 7.52. The maximum atomic E-state index is 6.14. The van der Waals surface area contributed by atoms with Crippen LogP contribution in [-0.4, -0.2) is 50.1 Å². The van der Waals surface area contributed by atoms with Gasteiger partial charge in [-0.25, -0.2) is 0 Å². The van der Waals surface area contributed by atoms with Crippen molar-refractivity contribution in [1.82, 2.24) is 25.1 Å². The van der Waals surface area contributed by atoms with Gasteiger partial charge in [-0.2, -0.15) is 4.68 Å². The monoisotopic (exact) mass is 388 g/mol. The van der Waals surface area contributed by atoms with E-state index in [0.717, 1.165) is 31.0 Å². The molecule has 0 unspecified atom stereocenters. The van der Waals surface area contributed by atoms with E-state index in [-0.39, 0.29) is 12.1 Å². The largest absolute Gasteiger partial charge is 0.375 e.